The zero-order valence-electron chi connectivity index (χ0n) is 14.1. The van der Waals surface area contributed by atoms with E-state index in [4.69, 9.17) is 4.74 Å². The lowest BCUT2D eigenvalue weighted by molar-refractivity contribution is 0.0734. The number of hydrogen-bond acceptors (Lipinski definition) is 3. The molecule has 0 spiro atoms. The van der Waals surface area contributed by atoms with Crippen LogP contribution in [0.3, 0.4) is 0 Å². The van der Waals surface area contributed by atoms with Crippen LogP contribution in [-0.2, 0) is 11.3 Å². The summed E-state index contributed by atoms with van der Waals surface area (Å²) in [6.07, 6.45) is 0.414. The van der Waals surface area contributed by atoms with Crippen LogP contribution in [0, 0.1) is 6.92 Å². The third-order valence-corrected chi connectivity index (χ3v) is 4.86. The van der Waals surface area contributed by atoms with E-state index in [-0.39, 0.29) is 18.0 Å². The molecule has 0 saturated carbocycles. The number of nitrogens with zero attached hydrogens (tertiary/aromatic N) is 2. The second-order valence-electron chi connectivity index (χ2n) is 6.61. The maximum atomic E-state index is 12.9. The summed E-state index contributed by atoms with van der Waals surface area (Å²) in [6, 6.07) is 15.3. The predicted molar refractivity (Wildman–Crippen MR) is 94.6 cm³/mol. The van der Waals surface area contributed by atoms with E-state index >= 15 is 0 Å². The van der Waals surface area contributed by atoms with Gasteiger partial charge in [0.05, 0.1) is 11.7 Å². The van der Waals surface area contributed by atoms with E-state index in [0.29, 0.717) is 31.7 Å². The van der Waals surface area contributed by atoms with Gasteiger partial charge in [-0.15, -0.1) is 0 Å². The molecule has 2 heterocycles. The highest BCUT2D eigenvalue weighted by molar-refractivity contribution is 5.95. The van der Waals surface area contributed by atoms with Gasteiger partial charge in [-0.2, -0.15) is 0 Å². The Bertz CT molecular complexity index is 819. The van der Waals surface area contributed by atoms with Crippen molar-refractivity contribution in [2.75, 3.05) is 18.1 Å². The lowest BCUT2D eigenvalue weighted by Crippen LogP contribution is -2.42. The van der Waals surface area contributed by atoms with Gasteiger partial charge in [-0.1, -0.05) is 30.3 Å². The van der Waals surface area contributed by atoms with Crippen molar-refractivity contribution in [1.29, 1.82) is 0 Å². The average Bonchev–Trinajstić information content (AvgIpc) is 2.98. The number of hydrogen-bond donors (Lipinski definition) is 0. The van der Waals surface area contributed by atoms with E-state index in [2.05, 4.69) is 0 Å². The topological polar surface area (TPSA) is 49.9 Å². The van der Waals surface area contributed by atoms with Crippen molar-refractivity contribution in [2.45, 2.75) is 25.9 Å². The number of rotatable bonds is 1. The summed E-state index contributed by atoms with van der Waals surface area (Å²) in [5.74, 6) is 0.0193. The molecule has 0 aliphatic carbocycles. The first-order valence-corrected chi connectivity index (χ1v) is 8.53. The molecule has 1 atom stereocenters. The van der Waals surface area contributed by atoms with Crippen molar-refractivity contribution < 1.29 is 14.3 Å². The molecule has 1 unspecified atom stereocenters. The molecule has 0 N–H and O–H groups in total. The van der Waals surface area contributed by atoms with Gasteiger partial charge < -0.3 is 9.64 Å². The molecule has 0 radical (unpaired) electrons. The Kier molecular flexibility index (Phi) is 3.92. The van der Waals surface area contributed by atoms with E-state index in [1.54, 1.807) is 4.90 Å². The molecule has 4 rings (SSSR count). The van der Waals surface area contributed by atoms with Gasteiger partial charge >= 0.3 is 6.09 Å². The molecular formula is C20H20N2O3. The standard InChI is InChI=1S/C20H20N2O3/c1-14-7-8-16-12-21(19(23)15-5-3-2-4-6-15)10-9-17-13-25-20(24)22(17)18(16)11-14/h2-8,11,17H,9-10,12-13H2,1H3. The molecule has 1 saturated heterocycles. The molecule has 0 bridgehead atoms. The highest BCUT2D eigenvalue weighted by Crippen LogP contribution is 2.32. The Labute approximate surface area is 146 Å². The third kappa shape index (κ3) is 2.86. The quantitative estimate of drug-likeness (QED) is 0.802. The largest absolute Gasteiger partial charge is 0.447 e. The number of ether oxygens (including phenoxy) is 1. The molecule has 2 aromatic carbocycles. The zero-order chi connectivity index (χ0) is 17.4. The number of anilines is 1. The molecule has 0 aromatic heterocycles. The predicted octanol–water partition coefficient (Wildman–Crippen LogP) is 3.37. The SMILES string of the molecule is Cc1ccc2c(c1)N1C(=O)OCC1CCN(C(=O)c1ccccc1)C2. The van der Waals surface area contributed by atoms with Crippen LogP contribution in [-0.4, -0.2) is 36.1 Å². The Morgan fingerprint density at radius 1 is 1.16 bits per heavy atom. The first-order chi connectivity index (χ1) is 12.1. The first-order valence-electron chi connectivity index (χ1n) is 8.53. The Hall–Kier alpha value is -2.82. The number of aryl methyl sites for hydroxylation is 1. The minimum absolute atomic E-state index is 0.0193. The lowest BCUT2D eigenvalue weighted by atomic mass is 10.0. The average molecular weight is 336 g/mol. The molecule has 2 aliphatic rings. The monoisotopic (exact) mass is 336 g/mol. The van der Waals surface area contributed by atoms with Gasteiger partial charge in [0.1, 0.15) is 6.61 Å². The van der Waals surface area contributed by atoms with Crippen molar-refractivity contribution in [2.24, 2.45) is 0 Å². The fraction of sp³-hybridized carbons (Fsp3) is 0.300. The molecule has 128 valence electrons. The zero-order valence-corrected chi connectivity index (χ0v) is 14.1. The Morgan fingerprint density at radius 3 is 2.76 bits per heavy atom. The number of cyclic esters (lactones) is 1. The Balaban J connectivity index is 1.72. The van der Waals surface area contributed by atoms with Crippen molar-refractivity contribution in [3.8, 4) is 0 Å². The van der Waals surface area contributed by atoms with Crippen LogP contribution in [0.4, 0.5) is 10.5 Å². The second-order valence-corrected chi connectivity index (χ2v) is 6.61. The maximum absolute atomic E-state index is 12.9. The molecule has 2 aromatic rings. The minimum atomic E-state index is -0.292. The summed E-state index contributed by atoms with van der Waals surface area (Å²) in [7, 11) is 0. The van der Waals surface area contributed by atoms with Crippen LogP contribution in [0.15, 0.2) is 48.5 Å². The van der Waals surface area contributed by atoms with E-state index in [9.17, 15) is 9.59 Å². The normalized spacial score (nSPS) is 19.6. The summed E-state index contributed by atoms with van der Waals surface area (Å²) in [4.78, 5) is 28.7. The summed E-state index contributed by atoms with van der Waals surface area (Å²) < 4.78 is 5.27. The molecule has 2 amide bonds. The number of fused-ring (bicyclic) bond motifs is 3. The van der Waals surface area contributed by atoms with Crippen LogP contribution in [0.2, 0.25) is 0 Å². The number of carbonyl (C=O) groups excluding carboxylic acids is 2. The fourth-order valence-electron chi connectivity index (χ4n) is 3.53. The Morgan fingerprint density at radius 2 is 1.96 bits per heavy atom. The van der Waals surface area contributed by atoms with Crippen LogP contribution < -0.4 is 4.90 Å². The summed E-state index contributed by atoms with van der Waals surface area (Å²) in [5.41, 5.74) is 3.60. The fourth-order valence-corrected chi connectivity index (χ4v) is 3.53. The van der Waals surface area contributed by atoms with Gasteiger partial charge in [-0.3, -0.25) is 9.69 Å². The van der Waals surface area contributed by atoms with E-state index in [1.807, 2.05) is 60.4 Å². The van der Waals surface area contributed by atoms with Gasteiger partial charge in [-0.05, 0) is 42.7 Å². The van der Waals surface area contributed by atoms with E-state index < -0.39 is 0 Å². The van der Waals surface area contributed by atoms with Crippen molar-refractivity contribution in [3.63, 3.8) is 0 Å². The van der Waals surface area contributed by atoms with Gasteiger partial charge in [0.25, 0.3) is 5.91 Å². The van der Waals surface area contributed by atoms with Crippen molar-refractivity contribution in [1.82, 2.24) is 4.90 Å². The third-order valence-electron chi connectivity index (χ3n) is 4.86. The van der Waals surface area contributed by atoms with Gasteiger partial charge in [-0.25, -0.2) is 4.79 Å². The molecule has 25 heavy (non-hydrogen) atoms. The van der Waals surface area contributed by atoms with Crippen LogP contribution in [0.1, 0.15) is 27.9 Å². The van der Waals surface area contributed by atoms with Crippen LogP contribution in [0.5, 0.6) is 0 Å². The minimum Gasteiger partial charge on any atom is -0.447 e. The van der Waals surface area contributed by atoms with Crippen LogP contribution in [0.25, 0.3) is 0 Å². The number of carbonyl (C=O) groups is 2. The van der Waals surface area contributed by atoms with Crippen molar-refractivity contribution in [3.05, 3.63) is 65.2 Å². The summed E-state index contributed by atoms with van der Waals surface area (Å²) in [6.45, 7) is 3.46. The highest BCUT2D eigenvalue weighted by Gasteiger charge is 2.37. The second kappa shape index (κ2) is 6.24. The smallest absolute Gasteiger partial charge is 0.414 e. The molecule has 5 nitrogen and oxygen atoms in total. The van der Waals surface area contributed by atoms with Gasteiger partial charge in [0, 0.05) is 18.7 Å². The first kappa shape index (κ1) is 15.7. The molecular weight excluding hydrogens is 316 g/mol. The summed E-state index contributed by atoms with van der Waals surface area (Å²) >= 11 is 0. The van der Waals surface area contributed by atoms with Crippen molar-refractivity contribution >= 4 is 17.7 Å². The van der Waals surface area contributed by atoms with Crippen LogP contribution >= 0.6 is 0 Å². The summed E-state index contributed by atoms with van der Waals surface area (Å²) in [5, 5.41) is 0. The van der Waals surface area contributed by atoms with Gasteiger partial charge in [0.15, 0.2) is 0 Å². The molecule has 5 heteroatoms. The molecule has 1 fully saturated rings. The maximum Gasteiger partial charge on any atom is 0.414 e. The highest BCUT2D eigenvalue weighted by atomic mass is 16.6. The van der Waals surface area contributed by atoms with Gasteiger partial charge in [0.2, 0.25) is 0 Å². The lowest BCUT2D eigenvalue weighted by Gasteiger charge is -2.32. The van der Waals surface area contributed by atoms with E-state index in [0.717, 1.165) is 16.8 Å². The van der Waals surface area contributed by atoms with E-state index in [1.165, 1.54) is 0 Å². The number of benzene rings is 2. The molecule has 2 aliphatic heterocycles. The number of amides is 2.